The number of benzene rings is 1. The fourth-order valence-corrected chi connectivity index (χ4v) is 4.73. The molecule has 0 spiro atoms. The molecule has 0 aromatic heterocycles. The predicted octanol–water partition coefficient (Wildman–Crippen LogP) is 6.98. The summed E-state index contributed by atoms with van der Waals surface area (Å²) < 4.78 is 12.7. The molecular formula is C20H30I2O3. The van der Waals surface area contributed by atoms with Crippen LogP contribution in [0.3, 0.4) is 0 Å². The summed E-state index contributed by atoms with van der Waals surface area (Å²) in [6.07, 6.45) is 13.0. The molecule has 0 N–H and O–H groups in total. The third-order valence-corrected chi connectivity index (χ3v) is 5.58. The fourth-order valence-electron chi connectivity index (χ4n) is 2.73. The Balaban J connectivity index is 2.25. The minimum Gasteiger partial charge on any atom is -0.492 e. The molecule has 5 heteroatoms. The van der Waals surface area contributed by atoms with E-state index >= 15 is 0 Å². The van der Waals surface area contributed by atoms with Gasteiger partial charge in [-0.15, -0.1) is 0 Å². The highest BCUT2D eigenvalue weighted by molar-refractivity contribution is 14.1. The summed E-state index contributed by atoms with van der Waals surface area (Å²) in [4.78, 5) is 11.9. The largest absolute Gasteiger partial charge is 0.492 e. The van der Waals surface area contributed by atoms with Crippen molar-refractivity contribution in [2.75, 3.05) is 13.7 Å². The van der Waals surface area contributed by atoms with E-state index in [1.165, 1.54) is 64.9 Å². The Hall–Kier alpha value is -0.0500. The van der Waals surface area contributed by atoms with Crippen LogP contribution in [0.1, 0.15) is 81.5 Å². The predicted molar refractivity (Wildman–Crippen MR) is 121 cm³/mol. The van der Waals surface area contributed by atoms with Gasteiger partial charge in [0.05, 0.1) is 17.3 Å². The van der Waals surface area contributed by atoms with Gasteiger partial charge >= 0.3 is 5.97 Å². The Kier molecular flexibility index (Phi) is 12.9. The zero-order valence-corrected chi connectivity index (χ0v) is 19.7. The number of carbonyl (C=O) groups excluding carboxylic acids is 1. The van der Waals surface area contributed by atoms with E-state index in [0.29, 0.717) is 17.9 Å². The highest BCUT2D eigenvalue weighted by Crippen LogP contribution is 2.29. The van der Waals surface area contributed by atoms with Crippen LogP contribution in [0, 0.1) is 7.14 Å². The Morgan fingerprint density at radius 2 is 1.48 bits per heavy atom. The molecule has 0 saturated heterocycles. The van der Waals surface area contributed by atoms with Crippen molar-refractivity contribution in [2.45, 2.75) is 71.1 Å². The summed E-state index contributed by atoms with van der Waals surface area (Å²) in [5.74, 6) is 0.318. The van der Waals surface area contributed by atoms with E-state index in [-0.39, 0.29) is 5.97 Å². The van der Waals surface area contributed by atoms with Crippen LogP contribution < -0.4 is 4.74 Å². The Morgan fingerprint density at radius 1 is 0.920 bits per heavy atom. The number of carbonyl (C=O) groups is 1. The summed E-state index contributed by atoms with van der Waals surface area (Å²) in [6, 6.07) is 3.84. The first-order valence-electron chi connectivity index (χ1n) is 9.30. The molecular weight excluding hydrogens is 542 g/mol. The molecule has 0 amide bonds. The van der Waals surface area contributed by atoms with E-state index in [1.807, 2.05) is 12.1 Å². The summed E-state index contributed by atoms with van der Waals surface area (Å²) in [6.45, 7) is 2.91. The summed E-state index contributed by atoms with van der Waals surface area (Å²) >= 11 is 4.42. The van der Waals surface area contributed by atoms with Crippen LogP contribution in [0.25, 0.3) is 0 Å². The van der Waals surface area contributed by atoms with E-state index in [9.17, 15) is 4.79 Å². The van der Waals surface area contributed by atoms with Crippen LogP contribution >= 0.6 is 45.2 Å². The highest BCUT2D eigenvalue weighted by Gasteiger charge is 2.17. The fraction of sp³-hybridized carbons (Fsp3) is 0.650. The molecule has 0 bridgehead atoms. The van der Waals surface area contributed by atoms with Gasteiger partial charge in [0, 0.05) is 3.57 Å². The number of rotatable bonds is 13. The number of ether oxygens (including phenoxy) is 2. The number of unbranched alkanes of at least 4 members (excludes halogenated alkanes) is 9. The van der Waals surface area contributed by atoms with Crippen LogP contribution in [-0.2, 0) is 4.74 Å². The molecule has 142 valence electrons. The second kappa shape index (κ2) is 14.1. The van der Waals surface area contributed by atoms with Crippen LogP contribution in [-0.4, -0.2) is 19.7 Å². The first kappa shape index (κ1) is 23.0. The smallest absolute Gasteiger partial charge is 0.341 e. The summed E-state index contributed by atoms with van der Waals surface area (Å²) in [5.41, 5.74) is 0.519. The lowest BCUT2D eigenvalue weighted by atomic mass is 10.1. The van der Waals surface area contributed by atoms with E-state index in [1.54, 1.807) is 0 Å². The number of hydrogen-bond acceptors (Lipinski definition) is 3. The van der Waals surface area contributed by atoms with Crippen molar-refractivity contribution >= 4 is 51.2 Å². The minimum absolute atomic E-state index is 0.338. The van der Waals surface area contributed by atoms with Gasteiger partial charge in [0.25, 0.3) is 0 Å². The number of hydrogen-bond donors (Lipinski definition) is 0. The zero-order valence-electron chi connectivity index (χ0n) is 15.4. The van der Waals surface area contributed by atoms with Crippen LogP contribution in [0.5, 0.6) is 5.75 Å². The Bertz CT molecular complexity index is 518. The molecule has 0 radical (unpaired) electrons. The molecule has 0 unspecified atom stereocenters. The molecule has 1 aromatic rings. The standard InChI is InChI=1S/C20H30I2O3/c1-3-4-5-6-7-8-9-10-11-12-13-25-19-17(20(23)24-2)14-16(21)15-18(19)22/h14-15H,3-13H2,1-2H3. The van der Waals surface area contributed by atoms with E-state index in [2.05, 4.69) is 52.1 Å². The van der Waals surface area contributed by atoms with Crippen molar-refractivity contribution in [2.24, 2.45) is 0 Å². The molecule has 25 heavy (non-hydrogen) atoms. The van der Waals surface area contributed by atoms with Gasteiger partial charge in [0.1, 0.15) is 11.3 Å². The van der Waals surface area contributed by atoms with Crippen LogP contribution in [0.4, 0.5) is 0 Å². The van der Waals surface area contributed by atoms with Gasteiger partial charge in [-0.3, -0.25) is 0 Å². The SMILES string of the molecule is CCCCCCCCCCCCOc1c(I)cc(I)cc1C(=O)OC. The zero-order chi connectivity index (χ0) is 18.5. The third-order valence-electron chi connectivity index (χ3n) is 4.16. The van der Waals surface area contributed by atoms with Crippen molar-refractivity contribution in [3.8, 4) is 5.75 Å². The first-order valence-corrected chi connectivity index (χ1v) is 11.5. The van der Waals surface area contributed by atoms with Gasteiger partial charge in [-0.2, -0.15) is 0 Å². The molecule has 0 saturated carbocycles. The van der Waals surface area contributed by atoms with Crippen LogP contribution in [0.15, 0.2) is 12.1 Å². The summed E-state index contributed by atoms with van der Waals surface area (Å²) in [7, 11) is 1.40. The van der Waals surface area contributed by atoms with E-state index < -0.39 is 0 Å². The molecule has 3 nitrogen and oxygen atoms in total. The van der Waals surface area contributed by atoms with Gasteiger partial charge in [-0.1, -0.05) is 64.7 Å². The van der Waals surface area contributed by atoms with Crippen molar-refractivity contribution < 1.29 is 14.3 Å². The maximum atomic E-state index is 11.9. The van der Waals surface area contributed by atoms with E-state index in [4.69, 9.17) is 9.47 Å². The van der Waals surface area contributed by atoms with Crippen LogP contribution in [0.2, 0.25) is 0 Å². The minimum atomic E-state index is -0.338. The Morgan fingerprint density at radius 3 is 2.04 bits per heavy atom. The number of methoxy groups -OCH3 is 1. The normalized spacial score (nSPS) is 10.7. The molecule has 0 aliphatic rings. The molecule has 0 heterocycles. The topological polar surface area (TPSA) is 35.5 Å². The van der Waals surface area contributed by atoms with Gasteiger partial charge < -0.3 is 9.47 Å². The lowest BCUT2D eigenvalue weighted by Crippen LogP contribution is -2.08. The molecule has 1 aromatic carbocycles. The van der Waals surface area contributed by atoms with Gasteiger partial charge in [-0.05, 0) is 63.7 Å². The second-order valence-corrected chi connectivity index (χ2v) is 8.69. The maximum absolute atomic E-state index is 11.9. The molecule has 0 aliphatic heterocycles. The van der Waals surface area contributed by atoms with Gasteiger partial charge in [0.2, 0.25) is 0 Å². The first-order chi connectivity index (χ1) is 12.1. The van der Waals surface area contributed by atoms with Gasteiger partial charge in [-0.25, -0.2) is 4.79 Å². The Labute approximate surface area is 179 Å². The highest BCUT2D eigenvalue weighted by atomic mass is 127. The van der Waals surface area contributed by atoms with Crippen molar-refractivity contribution in [3.63, 3.8) is 0 Å². The quantitative estimate of drug-likeness (QED) is 0.145. The van der Waals surface area contributed by atoms with Crippen molar-refractivity contribution in [1.82, 2.24) is 0 Å². The number of esters is 1. The lowest BCUT2D eigenvalue weighted by molar-refractivity contribution is 0.0595. The summed E-state index contributed by atoms with van der Waals surface area (Å²) in [5, 5.41) is 0. The second-order valence-electron chi connectivity index (χ2n) is 6.29. The van der Waals surface area contributed by atoms with E-state index in [0.717, 1.165) is 13.6 Å². The maximum Gasteiger partial charge on any atom is 0.341 e. The molecule has 0 aliphatic carbocycles. The lowest BCUT2D eigenvalue weighted by Gasteiger charge is -2.13. The third kappa shape index (κ3) is 9.45. The van der Waals surface area contributed by atoms with Gasteiger partial charge in [0.15, 0.2) is 0 Å². The monoisotopic (exact) mass is 572 g/mol. The molecule has 1 rings (SSSR count). The average Bonchev–Trinajstić information content (AvgIpc) is 2.60. The molecule has 0 fully saturated rings. The molecule has 0 atom stereocenters. The average molecular weight is 572 g/mol. The number of halogens is 2. The van der Waals surface area contributed by atoms with Crippen molar-refractivity contribution in [3.05, 3.63) is 24.8 Å². The van der Waals surface area contributed by atoms with Crippen molar-refractivity contribution in [1.29, 1.82) is 0 Å².